The first-order valence-electron chi connectivity index (χ1n) is 10.0. The molecule has 0 atom stereocenters. The van der Waals surface area contributed by atoms with E-state index in [1.807, 2.05) is 18.2 Å². The molecule has 2 aromatic rings. The summed E-state index contributed by atoms with van der Waals surface area (Å²) in [5, 5.41) is 5.04. The fraction of sp³-hybridized carbons (Fsp3) is 0.273. The highest BCUT2D eigenvalue weighted by Crippen LogP contribution is 2.09. The Morgan fingerprint density at radius 2 is 1.50 bits per heavy atom. The Bertz CT molecular complexity index is 977. The van der Waals surface area contributed by atoms with Crippen LogP contribution in [0.3, 0.4) is 0 Å². The van der Waals surface area contributed by atoms with Gasteiger partial charge in [-0.2, -0.15) is 0 Å². The van der Waals surface area contributed by atoms with Crippen LogP contribution in [0.25, 0.3) is 0 Å². The van der Waals surface area contributed by atoms with Crippen molar-refractivity contribution in [3.8, 4) is 0 Å². The molecule has 1 aliphatic heterocycles. The first-order chi connectivity index (χ1) is 15.4. The fourth-order valence-electron chi connectivity index (χ4n) is 3.06. The molecule has 0 unspecified atom stereocenters. The van der Waals surface area contributed by atoms with Crippen LogP contribution in [-0.2, 0) is 14.3 Å². The van der Waals surface area contributed by atoms with E-state index in [0.29, 0.717) is 31.9 Å². The largest absolute Gasteiger partial charge is 0.454 e. The van der Waals surface area contributed by atoms with E-state index in [4.69, 9.17) is 4.74 Å². The predicted molar refractivity (Wildman–Crippen MR) is 113 cm³/mol. The molecular formula is C22H23FN4O5. The Morgan fingerprint density at radius 1 is 0.875 bits per heavy atom. The molecule has 10 heteroatoms. The molecule has 168 valence electrons. The third-order valence-electron chi connectivity index (χ3n) is 4.81. The first-order valence-corrected chi connectivity index (χ1v) is 10.0. The van der Waals surface area contributed by atoms with Gasteiger partial charge in [0, 0.05) is 31.9 Å². The van der Waals surface area contributed by atoms with Crippen molar-refractivity contribution < 1.29 is 28.3 Å². The minimum Gasteiger partial charge on any atom is -0.454 e. The van der Waals surface area contributed by atoms with Crippen molar-refractivity contribution >= 4 is 29.5 Å². The quantitative estimate of drug-likeness (QED) is 0.659. The highest BCUT2D eigenvalue weighted by molar-refractivity contribution is 5.96. The summed E-state index contributed by atoms with van der Waals surface area (Å²) in [5.41, 5.74) is 0.496. The number of para-hydroxylation sites is 1. The molecule has 1 saturated heterocycles. The average Bonchev–Trinajstić information content (AvgIpc) is 2.82. The maximum absolute atomic E-state index is 13.6. The van der Waals surface area contributed by atoms with Gasteiger partial charge in [0.2, 0.25) is 0 Å². The Labute approximate surface area is 184 Å². The molecular weight excluding hydrogens is 419 g/mol. The van der Waals surface area contributed by atoms with E-state index in [9.17, 15) is 23.6 Å². The van der Waals surface area contributed by atoms with Crippen LogP contribution in [0.4, 0.5) is 14.9 Å². The lowest BCUT2D eigenvalue weighted by Crippen LogP contribution is -2.52. The van der Waals surface area contributed by atoms with Gasteiger partial charge in [0.1, 0.15) is 12.4 Å². The number of esters is 1. The van der Waals surface area contributed by atoms with Crippen molar-refractivity contribution in [3.63, 3.8) is 0 Å². The molecule has 1 aliphatic rings. The molecule has 32 heavy (non-hydrogen) atoms. The van der Waals surface area contributed by atoms with E-state index >= 15 is 0 Å². The maximum Gasteiger partial charge on any atom is 0.325 e. The third-order valence-corrected chi connectivity index (χ3v) is 4.81. The van der Waals surface area contributed by atoms with Gasteiger partial charge < -0.3 is 25.2 Å². The number of carbonyl (C=O) groups is 4. The zero-order valence-electron chi connectivity index (χ0n) is 17.3. The second-order valence-electron chi connectivity index (χ2n) is 6.99. The van der Waals surface area contributed by atoms with E-state index in [2.05, 4.69) is 10.6 Å². The number of rotatable bonds is 6. The first kappa shape index (κ1) is 22.7. The van der Waals surface area contributed by atoms with Crippen LogP contribution in [0.15, 0.2) is 54.6 Å². The standard InChI is InChI=1S/C22H23FN4O5/c23-18-9-5-4-8-17(18)21(30)24-14-20(29)32-15-19(28)26-10-12-27(13-11-26)22(31)25-16-6-2-1-3-7-16/h1-9H,10-15H2,(H,24,30)(H,25,31). The van der Waals surface area contributed by atoms with Crippen LogP contribution in [-0.4, -0.2) is 72.9 Å². The lowest BCUT2D eigenvalue weighted by molar-refractivity contribution is -0.151. The van der Waals surface area contributed by atoms with Crippen LogP contribution < -0.4 is 10.6 Å². The van der Waals surface area contributed by atoms with Gasteiger partial charge in [-0.05, 0) is 24.3 Å². The lowest BCUT2D eigenvalue weighted by Gasteiger charge is -2.34. The highest BCUT2D eigenvalue weighted by atomic mass is 19.1. The number of hydrogen-bond acceptors (Lipinski definition) is 5. The van der Waals surface area contributed by atoms with Crippen molar-refractivity contribution in [1.82, 2.24) is 15.1 Å². The molecule has 1 heterocycles. The zero-order valence-corrected chi connectivity index (χ0v) is 17.3. The average molecular weight is 442 g/mol. The second-order valence-corrected chi connectivity index (χ2v) is 6.99. The number of ether oxygens (including phenoxy) is 1. The van der Waals surface area contributed by atoms with E-state index in [1.165, 1.54) is 23.1 Å². The number of anilines is 1. The molecule has 0 aliphatic carbocycles. The third kappa shape index (κ3) is 6.27. The van der Waals surface area contributed by atoms with Crippen molar-refractivity contribution in [2.75, 3.05) is 44.6 Å². The summed E-state index contributed by atoms with van der Waals surface area (Å²) >= 11 is 0. The van der Waals surface area contributed by atoms with Gasteiger partial charge >= 0.3 is 12.0 Å². The van der Waals surface area contributed by atoms with Gasteiger partial charge in [-0.3, -0.25) is 14.4 Å². The maximum atomic E-state index is 13.6. The SMILES string of the molecule is O=C(CNC(=O)c1ccccc1F)OCC(=O)N1CCN(C(=O)Nc2ccccc2)CC1. The summed E-state index contributed by atoms with van der Waals surface area (Å²) in [6.45, 7) is 0.331. The summed E-state index contributed by atoms with van der Waals surface area (Å²) in [6, 6.07) is 14.2. The van der Waals surface area contributed by atoms with Crippen molar-refractivity contribution in [2.45, 2.75) is 0 Å². The number of piperazine rings is 1. The topological polar surface area (TPSA) is 108 Å². The number of carbonyl (C=O) groups excluding carboxylic acids is 4. The van der Waals surface area contributed by atoms with Crippen LogP contribution in [0.2, 0.25) is 0 Å². The molecule has 0 saturated carbocycles. The van der Waals surface area contributed by atoms with Crippen LogP contribution >= 0.6 is 0 Å². The molecule has 0 aromatic heterocycles. The molecule has 2 N–H and O–H groups in total. The van der Waals surface area contributed by atoms with Gasteiger partial charge in [0.15, 0.2) is 6.61 Å². The normalized spacial score (nSPS) is 13.3. The zero-order chi connectivity index (χ0) is 22.9. The molecule has 0 spiro atoms. The molecule has 4 amide bonds. The Balaban J connectivity index is 1.36. The molecule has 3 rings (SSSR count). The van der Waals surface area contributed by atoms with Crippen molar-refractivity contribution in [2.24, 2.45) is 0 Å². The summed E-state index contributed by atoms with van der Waals surface area (Å²) in [5.74, 6) is -2.67. The van der Waals surface area contributed by atoms with Crippen molar-refractivity contribution in [3.05, 3.63) is 66.0 Å². The number of nitrogens with one attached hydrogen (secondary N) is 2. The number of urea groups is 1. The van der Waals surface area contributed by atoms with E-state index in [-0.39, 0.29) is 11.6 Å². The van der Waals surface area contributed by atoms with Gasteiger partial charge in [-0.25, -0.2) is 9.18 Å². The summed E-state index contributed by atoms with van der Waals surface area (Å²) in [6.07, 6.45) is 0. The lowest BCUT2D eigenvalue weighted by atomic mass is 10.2. The number of amides is 4. The smallest absolute Gasteiger partial charge is 0.325 e. The molecule has 2 aromatic carbocycles. The molecule has 0 radical (unpaired) electrons. The predicted octanol–water partition coefficient (Wildman–Crippen LogP) is 1.48. The number of benzene rings is 2. The van der Waals surface area contributed by atoms with Crippen LogP contribution in [0.1, 0.15) is 10.4 Å². The number of nitrogens with zero attached hydrogens (tertiary/aromatic N) is 2. The van der Waals surface area contributed by atoms with Gasteiger partial charge in [-0.15, -0.1) is 0 Å². The second kappa shape index (κ2) is 10.9. The number of halogens is 1. The van der Waals surface area contributed by atoms with Gasteiger partial charge in [-0.1, -0.05) is 30.3 Å². The minimum atomic E-state index is -0.816. The Kier molecular flexibility index (Phi) is 7.74. The molecule has 0 bridgehead atoms. The highest BCUT2D eigenvalue weighted by Gasteiger charge is 2.25. The molecule has 9 nitrogen and oxygen atoms in total. The van der Waals surface area contributed by atoms with Crippen molar-refractivity contribution in [1.29, 1.82) is 0 Å². The van der Waals surface area contributed by atoms with E-state index in [0.717, 1.165) is 6.07 Å². The summed E-state index contributed by atoms with van der Waals surface area (Å²) < 4.78 is 18.5. The van der Waals surface area contributed by atoms with Gasteiger partial charge in [0.05, 0.1) is 5.56 Å². The van der Waals surface area contributed by atoms with Crippen LogP contribution in [0.5, 0.6) is 0 Å². The van der Waals surface area contributed by atoms with Gasteiger partial charge in [0.25, 0.3) is 11.8 Å². The molecule has 1 fully saturated rings. The van der Waals surface area contributed by atoms with E-state index < -0.39 is 36.8 Å². The van der Waals surface area contributed by atoms with E-state index in [1.54, 1.807) is 17.0 Å². The van der Waals surface area contributed by atoms with Crippen LogP contribution in [0, 0.1) is 5.82 Å². The number of hydrogen-bond donors (Lipinski definition) is 2. The Hall–Kier alpha value is -3.95. The monoisotopic (exact) mass is 442 g/mol. The Morgan fingerprint density at radius 3 is 2.19 bits per heavy atom. The summed E-state index contributed by atoms with van der Waals surface area (Å²) in [4.78, 5) is 51.3. The minimum absolute atomic E-state index is 0.189. The fourth-order valence-corrected chi connectivity index (χ4v) is 3.06. The summed E-state index contributed by atoms with van der Waals surface area (Å²) in [7, 11) is 0.